The van der Waals surface area contributed by atoms with E-state index in [1.54, 1.807) is 19.2 Å². The second kappa shape index (κ2) is 6.16. The van der Waals surface area contributed by atoms with Gasteiger partial charge in [0, 0.05) is 25.5 Å². The largest absolute Gasteiger partial charge is 0.335 e. The molecule has 23 heavy (non-hydrogen) atoms. The highest BCUT2D eigenvalue weighted by molar-refractivity contribution is 7.99. The van der Waals surface area contributed by atoms with Crippen LogP contribution in [0.3, 0.4) is 0 Å². The quantitative estimate of drug-likeness (QED) is 0.809. The number of hydrogen-bond donors (Lipinski definition) is 0. The molecule has 0 saturated carbocycles. The average Bonchev–Trinajstić information content (AvgIpc) is 3.03. The normalized spacial score (nSPS) is 14.4. The zero-order valence-corrected chi connectivity index (χ0v) is 13.6. The van der Waals surface area contributed by atoms with Crippen LogP contribution in [-0.4, -0.2) is 33.2 Å². The number of fused-ring (bicyclic) bond motifs is 1. The van der Waals surface area contributed by atoms with Gasteiger partial charge in [0.1, 0.15) is 11.4 Å². The van der Waals surface area contributed by atoms with E-state index >= 15 is 0 Å². The van der Waals surface area contributed by atoms with Gasteiger partial charge in [0.15, 0.2) is 5.16 Å². The smallest absolute Gasteiger partial charge is 0.267 e. The summed E-state index contributed by atoms with van der Waals surface area (Å²) >= 11 is 1.51. The Hall–Kier alpha value is -2.15. The van der Waals surface area contributed by atoms with E-state index in [1.807, 2.05) is 6.92 Å². The fourth-order valence-electron chi connectivity index (χ4n) is 2.50. The molecule has 1 atom stereocenters. The van der Waals surface area contributed by atoms with Crippen molar-refractivity contribution in [1.82, 2.24) is 14.5 Å². The molecule has 0 saturated heterocycles. The van der Waals surface area contributed by atoms with Gasteiger partial charge in [-0.15, -0.1) is 0 Å². The molecular formula is C16H16FN3O2S. The van der Waals surface area contributed by atoms with Gasteiger partial charge >= 0.3 is 0 Å². The highest BCUT2D eigenvalue weighted by Crippen LogP contribution is 2.23. The highest BCUT2D eigenvalue weighted by Gasteiger charge is 2.25. The number of aromatic nitrogens is 2. The Labute approximate surface area is 137 Å². The first kappa shape index (κ1) is 15.7. The van der Waals surface area contributed by atoms with Gasteiger partial charge in [0.2, 0.25) is 0 Å². The Kier molecular flexibility index (Phi) is 4.21. The van der Waals surface area contributed by atoms with Crippen LogP contribution in [0.25, 0.3) is 0 Å². The first-order chi connectivity index (χ1) is 11.0. The molecule has 120 valence electrons. The van der Waals surface area contributed by atoms with Gasteiger partial charge in [-0.2, -0.15) is 0 Å². The van der Waals surface area contributed by atoms with Gasteiger partial charge in [0.25, 0.3) is 11.5 Å². The van der Waals surface area contributed by atoms with Crippen LogP contribution in [0.1, 0.15) is 28.9 Å². The second-order valence-corrected chi connectivity index (χ2v) is 6.47. The summed E-state index contributed by atoms with van der Waals surface area (Å²) in [6.45, 7) is 2.41. The number of thioether (sulfide) groups is 1. The number of carbonyl (C=O) groups is 1. The van der Waals surface area contributed by atoms with E-state index in [2.05, 4.69) is 4.98 Å². The molecule has 0 radical (unpaired) electrons. The van der Waals surface area contributed by atoms with Crippen LogP contribution in [0, 0.1) is 5.82 Å². The van der Waals surface area contributed by atoms with Gasteiger partial charge in [-0.05, 0) is 24.6 Å². The third-order valence-corrected chi connectivity index (χ3v) is 5.01. The number of rotatable bonds is 3. The molecule has 1 aliphatic heterocycles. The third-order valence-electron chi connectivity index (χ3n) is 4.04. The maximum atomic E-state index is 13.0. The van der Waals surface area contributed by atoms with Crippen molar-refractivity contribution in [2.45, 2.75) is 24.7 Å². The van der Waals surface area contributed by atoms with Crippen LogP contribution >= 0.6 is 11.8 Å². The Morgan fingerprint density at radius 1 is 1.39 bits per heavy atom. The Balaban J connectivity index is 1.88. The average molecular weight is 333 g/mol. The lowest BCUT2D eigenvalue weighted by Crippen LogP contribution is -2.36. The van der Waals surface area contributed by atoms with Crippen molar-refractivity contribution in [1.29, 1.82) is 0 Å². The van der Waals surface area contributed by atoms with Crippen molar-refractivity contribution in [2.75, 3.05) is 12.8 Å². The van der Waals surface area contributed by atoms with Crippen molar-refractivity contribution >= 4 is 17.7 Å². The van der Waals surface area contributed by atoms with Crippen molar-refractivity contribution < 1.29 is 9.18 Å². The predicted octanol–water partition coefficient (Wildman–Crippen LogP) is 2.32. The Morgan fingerprint density at radius 3 is 2.78 bits per heavy atom. The summed E-state index contributed by atoms with van der Waals surface area (Å²) in [6, 6.07) is 5.69. The van der Waals surface area contributed by atoms with Crippen LogP contribution in [0.2, 0.25) is 0 Å². The minimum atomic E-state index is -0.383. The lowest BCUT2D eigenvalue weighted by atomic mass is 10.1. The molecule has 1 aromatic carbocycles. The molecule has 7 heteroatoms. The topological polar surface area (TPSA) is 55.2 Å². The summed E-state index contributed by atoms with van der Waals surface area (Å²) in [5.74, 6) is 0.0850. The molecular weight excluding hydrogens is 317 g/mol. The fraction of sp³-hybridized carbons (Fsp3) is 0.312. The minimum Gasteiger partial charge on any atom is -0.335 e. The lowest BCUT2D eigenvalue weighted by molar-refractivity contribution is 0.0739. The number of benzene rings is 1. The van der Waals surface area contributed by atoms with Crippen LogP contribution in [0.15, 0.2) is 40.4 Å². The molecule has 5 nitrogen and oxygen atoms in total. The van der Waals surface area contributed by atoms with Gasteiger partial charge in [0.05, 0.1) is 6.04 Å². The zero-order chi connectivity index (χ0) is 16.6. The van der Waals surface area contributed by atoms with Crippen molar-refractivity contribution in [3.63, 3.8) is 0 Å². The van der Waals surface area contributed by atoms with E-state index in [1.165, 1.54) is 39.6 Å². The number of halogens is 1. The van der Waals surface area contributed by atoms with Crippen molar-refractivity contribution in [3.05, 3.63) is 57.8 Å². The maximum absolute atomic E-state index is 13.0. The van der Waals surface area contributed by atoms with E-state index < -0.39 is 0 Å². The number of amides is 1. The summed E-state index contributed by atoms with van der Waals surface area (Å²) in [6.07, 6.45) is 1.35. The van der Waals surface area contributed by atoms with Crippen LogP contribution < -0.4 is 5.56 Å². The summed E-state index contributed by atoms with van der Waals surface area (Å²) in [4.78, 5) is 30.7. The van der Waals surface area contributed by atoms with Crippen LogP contribution in [0.4, 0.5) is 4.39 Å². The third kappa shape index (κ3) is 2.88. The summed E-state index contributed by atoms with van der Waals surface area (Å²) < 4.78 is 14.6. The molecule has 0 bridgehead atoms. The van der Waals surface area contributed by atoms with Gasteiger partial charge < -0.3 is 4.90 Å². The van der Waals surface area contributed by atoms with Gasteiger partial charge in [-0.25, -0.2) is 9.37 Å². The standard InChI is InChI=1S/C16H16FN3O2S/c1-10(11-3-5-12(17)6-4-11)19(2)14(21)13-9-18-16-20(15(13)22)7-8-23-16/h3-6,9-10H,7-8H2,1-2H3. The highest BCUT2D eigenvalue weighted by atomic mass is 32.2. The molecule has 1 amide bonds. The second-order valence-electron chi connectivity index (χ2n) is 5.40. The molecule has 1 unspecified atom stereocenters. The maximum Gasteiger partial charge on any atom is 0.267 e. The number of hydrogen-bond acceptors (Lipinski definition) is 4. The minimum absolute atomic E-state index is 0.0627. The molecule has 0 aliphatic carbocycles. The molecule has 0 spiro atoms. The molecule has 0 N–H and O–H groups in total. The molecule has 0 fully saturated rings. The van der Waals surface area contributed by atoms with Crippen molar-refractivity contribution in [3.8, 4) is 0 Å². The van der Waals surface area contributed by atoms with E-state index in [4.69, 9.17) is 0 Å². The summed E-state index contributed by atoms with van der Waals surface area (Å²) in [7, 11) is 1.63. The molecule has 2 heterocycles. The molecule has 3 rings (SSSR count). The predicted molar refractivity (Wildman–Crippen MR) is 86.1 cm³/mol. The van der Waals surface area contributed by atoms with E-state index in [-0.39, 0.29) is 28.9 Å². The fourth-order valence-corrected chi connectivity index (χ4v) is 3.41. The van der Waals surface area contributed by atoms with Crippen LogP contribution in [0.5, 0.6) is 0 Å². The first-order valence-electron chi connectivity index (χ1n) is 7.24. The number of nitrogens with zero attached hydrogens (tertiary/aromatic N) is 3. The molecule has 1 aliphatic rings. The summed E-state index contributed by atoms with van der Waals surface area (Å²) in [5.41, 5.74) is 0.558. The van der Waals surface area contributed by atoms with E-state index in [0.29, 0.717) is 11.7 Å². The summed E-state index contributed by atoms with van der Waals surface area (Å²) in [5, 5.41) is 0.654. The van der Waals surface area contributed by atoms with E-state index in [9.17, 15) is 14.0 Å². The van der Waals surface area contributed by atoms with Crippen molar-refractivity contribution in [2.24, 2.45) is 0 Å². The lowest BCUT2D eigenvalue weighted by Gasteiger charge is -2.25. The molecule has 1 aromatic heterocycles. The molecule has 2 aromatic rings. The van der Waals surface area contributed by atoms with Gasteiger partial charge in [-0.3, -0.25) is 14.2 Å². The van der Waals surface area contributed by atoms with Gasteiger partial charge in [-0.1, -0.05) is 23.9 Å². The Morgan fingerprint density at radius 2 is 2.09 bits per heavy atom. The SMILES string of the molecule is CC(c1ccc(F)cc1)N(C)C(=O)c1cnc2n(c1=O)CCS2. The number of carbonyl (C=O) groups excluding carboxylic acids is 1. The first-order valence-corrected chi connectivity index (χ1v) is 8.23. The van der Waals surface area contributed by atoms with Crippen LogP contribution in [-0.2, 0) is 6.54 Å². The Bertz CT molecular complexity index is 804. The monoisotopic (exact) mass is 333 g/mol. The zero-order valence-electron chi connectivity index (χ0n) is 12.8. The van der Waals surface area contributed by atoms with E-state index in [0.717, 1.165) is 11.3 Å².